The minimum atomic E-state index is -1.20. The number of hydrogen-bond acceptors (Lipinski definition) is 6. The zero-order valence-electron chi connectivity index (χ0n) is 8.57. The van der Waals surface area contributed by atoms with E-state index in [1.165, 1.54) is 12.0 Å². The van der Waals surface area contributed by atoms with Crippen LogP contribution < -0.4 is 11.1 Å². The summed E-state index contributed by atoms with van der Waals surface area (Å²) in [6.07, 6.45) is -3.91. The molecule has 8 heteroatoms. The number of fused-ring (bicyclic) bond motifs is 1. The summed E-state index contributed by atoms with van der Waals surface area (Å²) in [6, 6.07) is -0.775. The van der Waals surface area contributed by atoms with E-state index in [0.29, 0.717) is 0 Å². The smallest absolute Gasteiger partial charge is 0.386 e. The summed E-state index contributed by atoms with van der Waals surface area (Å²) in [4.78, 5) is 10.9. The molecule has 1 spiro atoms. The molecule has 8 nitrogen and oxygen atoms in total. The Balaban J connectivity index is 1.82. The normalized spacial score (nSPS) is 58.6. The quantitative estimate of drug-likeness (QED) is 0.234. The molecule has 0 aromatic heterocycles. The van der Waals surface area contributed by atoms with Crippen LogP contribution in [0.3, 0.4) is 0 Å². The summed E-state index contributed by atoms with van der Waals surface area (Å²) in [5, 5.41) is 33.0. The Kier molecular flexibility index (Phi) is 1.77. The van der Waals surface area contributed by atoms with Gasteiger partial charge in [-0.1, -0.05) is 0 Å². The summed E-state index contributed by atoms with van der Waals surface area (Å²) in [5.74, 6) is -0.339. The molecule has 0 radical (unpaired) electrons. The lowest BCUT2D eigenvalue weighted by molar-refractivity contribution is -0.300. The Morgan fingerprint density at radius 2 is 2.12 bits per heavy atom. The van der Waals surface area contributed by atoms with Crippen LogP contribution >= 0.6 is 0 Å². The molecule has 6 N–H and O–H groups in total. The predicted octanol–water partition coefficient (Wildman–Crippen LogP) is -3.68. The molecule has 3 aliphatic rings. The molecular weight excluding hydrogens is 218 g/mol. The molecule has 3 fully saturated rings. The van der Waals surface area contributed by atoms with E-state index >= 15 is 0 Å². The fourth-order valence-corrected chi connectivity index (χ4v) is 2.60. The minimum Gasteiger partial charge on any atom is -0.387 e. The Hall–Kier alpha value is -0.770. The second kappa shape index (κ2) is 2.73. The van der Waals surface area contributed by atoms with Gasteiger partial charge in [0, 0.05) is 6.92 Å². The average molecular weight is 232 g/mol. The van der Waals surface area contributed by atoms with Crippen LogP contribution in [0.2, 0.25) is 0 Å². The molecule has 0 saturated carbocycles. The van der Waals surface area contributed by atoms with Crippen molar-refractivity contribution in [2.24, 2.45) is 5.73 Å². The second-order valence-electron chi connectivity index (χ2n) is 4.39. The van der Waals surface area contributed by atoms with Gasteiger partial charge in [-0.2, -0.15) is 0 Å². The van der Waals surface area contributed by atoms with Gasteiger partial charge in [0.2, 0.25) is 5.91 Å². The summed E-state index contributed by atoms with van der Waals surface area (Å²) < 4.78 is 2.44. The third-order valence-corrected chi connectivity index (χ3v) is 3.48. The third kappa shape index (κ3) is 0.887. The first kappa shape index (κ1) is 10.4. The molecule has 1 amide bonds. The zero-order valence-corrected chi connectivity index (χ0v) is 8.57. The van der Waals surface area contributed by atoms with Crippen LogP contribution in [0.4, 0.5) is 0 Å². The third-order valence-electron chi connectivity index (χ3n) is 3.48. The number of nitrogens with two attached hydrogens (primary N) is 1. The van der Waals surface area contributed by atoms with Gasteiger partial charge in [0.25, 0.3) is 12.5 Å². The lowest BCUT2D eigenvalue weighted by Crippen LogP contribution is -2.67. The number of rotatable bonds is 1. The number of nitrogens with one attached hydrogen (secondary N) is 1. The van der Waals surface area contributed by atoms with E-state index in [1.54, 1.807) is 0 Å². The van der Waals surface area contributed by atoms with Gasteiger partial charge in [-0.05, 0) is 0 Å². The summed E-state index contributed by atoms with van der Waals surface area (Å²) in [6.45, 7) is 1.30. The molecule has 7 atom stereocenters. The van der Waals surface area contributed by atoms with Crippen LogP contribution in [0.1, 0.15) is 6.92 Å². The van der Waals surface area contributed by atoms with E-state index in [4.69, 9.17) is 5.73 Å². The van der Waals surface area contributed by atoms with Gasteiger partial charge in [0.05, 0.1) is 5.06 Å². The SMILES string of the molecule is CC(=O)N[C@@H]1[C@@H](O)[C@H](O)[C@@]23[C@@H](O)N2[O+]3[C@H]1N. The monoisotopic (exact) mass is 232 g/mol. The van der Waals surface area contributed by atoms with Crippen molar-refractivity contribution < 1.29 is 24.6 Å². The first-order chi connectivity index (χ1) is 7.44. The van der Waals surface area contributed by atoms with Gasteiger partial charge in [0.15, 0.2) is 6.10 Å². The molecular formula is C8H14N3O5+. The molecule has 0 aromatic rings. The fourth-order valence-electron chi connectivity index (χ4n) is 2.60. The lowest BCUT2D eigenvalue weighted by Gasteiger charge is -2.34. The average Bonchev–Trinajstić information content (AvgIpc) is 3.06. The molecule has 3 aliphatic heterocycles. The Morgan fingerprint density at radius 1 is 1.50 bits per heavy atom. The lowest BCUT2D eigenvalue weighted by atomic mass is 9.96. The molecule has 1 unspecified atom stereocenters. The standard InChI is InChI=1S/C8H13N3O5/c1-2(12)10-3-4(13)5(14)8-7(15)11(8)16(8)6(3)9/h3-7,13-15H,9H2,1H3/p+1/t3-,4-,5+,6-,7-,8-,11?/m1/s1. The van der Waals surface area contributed by atoms with Crippen molar-refractivity contribution in [3.8, 4) is 0 Å². The Morgan fingerprint density at radius 3 is 2.62 bits per heavy atom. The van der Waals surface area contributed by atoms with Crippen molar-refractivity contribution in [2.75, 3.05) is 0 Å². The molecule has 3 rings (SSSR count). The van der Waals surface area contributed by atoms with Gasteiger partial charge in [0.1, 0.15) is 12.1 Å². The number of amides is 1. The number of nitrogens with zero attached hydrogens (tertiary/aromatic N) is 1. The highest BCUT2D eigenvalue weighted by atomic mass is 17.1. The van der Waals surface area contributed by atoms with Crippen molar-refractivity contribution in [1.82, 2.24) is 10.4 Å². The van der Waals surface area contributed by atoms with Crippen LogP contribution in [0.5, 0.6) is 0 Å². The van der Waals surface area contributed by atoms with Crippen molar-refractivity contribution in [2.45, 2.75) is 43.4 Å². The van der Waals surface area contributed by atoms with Crippen LogP contribution in [-0.2, 0) is 9.26 Å². The molecule has 3 heterocycles. The maximum atomic E-state index is 10.9. The van der Waals surface area contributed by atoms with Crippen molar-refractivity contribution in [3.63, 3.8) is 0 Å². The van der Waals surface area contributed by atoms with Crippen LogP contribution in [0.25, 0.3) is 0 Å². The summed E-state index contributed by atoms with van der Waals surface area (Å²) >= 11 is 0. The molecule has 16 heavy (non-hydrogen) atoms. The number of hydrogen-bond donors (Lipinski definition) is 5. The highest BCUT2D eigenvalue weighted by molar-refractivity contribution is 5.73. The number of hydroxylamine groups is 2. The molecule has 90 valence electrons. The van der Waals surface area contributed by atoms with E-state index in [9.17, 15) is 20.1 Å². The molecule has 0 bridgehead atoms. The number of carbonyl (C=O) groups is 1. The van der Waals surface area contributed by atoms with Crippen molar-refractivity contribution in [3.05, 3.63) is 0 Å². The number of aliphatic hydroxyl groups excluding tert-OH is 3. The Bertz CT molecular complexity index is 366. The second-order valence-corrected chi connectivity index (χ2v) is 4.39. The molecule has 3 saturated heterocycles. The van der Waals surface area contributed by atoms with Gasteiger partial charge in [-0.15, -0.1) is 0 Å². The van der Waals surface area contributed by atoms with Gasteiger partial charge < -0.3 is 20.6 Å². The maximum Gasteiger partial charge on any atom is 0.386 e. The van der Waals surface area contributed by atoms with E-state index in [0.717, 1.165) is 0 Å². The molecule has 0 aliphatic carbocycles. The summed E-state index contributed by atoms with van der Waals surface area (Å²) in [7, 11) is 0. The van der Waals surface area contributed by atoms with Gasteiger partial charge >= 0.3 is 5.72 Å². The number of carbonyl (C=O) groups excluding carboxylic acids is 1. The first-order valence-corrected chi connectivity index (χ1v) is 5.03. The van der Waals surface area contributed by atoms with Gasteiger partial charge in [-0.25, -0.2) is 0 Å². The minimum absolute atomic E-state index is 0.339. The first-order valence-electron chi connectivity index (χ1n) is 5.03. The van der Waals surface area contributed by atoms with Crippen LogP contribution in [0.15, 0.2) is 0 Å². The van der Waals surface area contributed by atoms with E-state index in [2.05, 4.69) is 9.78 Å². The van der Waals surface area contributed by atoms with Crippen LogP contribution in [-0.4, -0.2) is 62.7 Å². The van der Waals surface area contributed by atoms with Gasteiger partial charge in [-0.3, -0.25) is 15.0 Å². The predicted molar refractivity (Wildman–Crippen MR) is 49.3 cm³/mol. The van der Waals surface area contributed by atoms with E-state index < -0.39 is 36.4 Å². The van der Waals surface area contributed by atoms with E-state index in [1.807, 2.05) is 0 Å². The largest absolute Gasteiger partial charge is 0.387 e. The highest BCUT2D eigenvalue weighted by Gasteiger charge is 3.06. The van der Waals surface area contributed by atoms with Crippen molar-refractivity contribution >= 4 is 5.91 Å². The summed E-state index contributed by atoms with van der Waals surface area (Å²) in [5.41, 5.74) is 4.80. The zero-order chi connectivity index (χ0) is 11.8. The molecule has 0 aromatic carbocycles. The van der Waals surface area contributed by atoms with E-state index in [-0.39, 0.29) is 5.91 Å². The highest BCUT2D eigenvalue weighted by Crippen LogP contribution is 2.70. The Labute approximate surface area is 90.9 Å². The van der Waals surface area contributed by atoms with Crippen LogP contribution in [0, 0.1) is 0 Å². The number of aliphatic hydroxyl groups is 3. The van der Waals surface area contributed by atoms with Crippen molar-refractivity contribution in [1.29, 1.82) is 0 Å². The fraction of sp³-hybridized carbons (Fsp3) is 0.875. The maximum absolute atomic E-state index is 10.9. The topological polar surface area (TPSA) is 122 Å².